The maximum absolute atomic E-state index is 6.14. The summed E-state index contributed by atoms with van der Waals surface area (Å²) in [6, 6.07) is 2.07. The topological polar surface area (TPSA) is 13.1 Å². The van der Waals surface area contributed by atoms with Gasteiger partial charge in [-0.1, -0.05) is 0 Å². The molecule has 2 heteroatoms. The van der Waals surface area contributed by atoms with Crippen LogP contribution >= 0.6 is 11.6 Å². The minimum atomic E-state index is 0.388. The standard InChI is InChI=1S/C12H15ClO/c13-8-12(4-9-1-2-14-7-9)5-10-3-11(10)6-12/h1-2,7,10-11H,3-6,8H2. The zero-order valence-electron chi connectivity index (χ0n) is 8.21. The van der Waals surface area contributed by atoms with Crippen LogP contribution in [-0.2, 0) is 6.42 Å². The minimum absolute atomic E-state index is 0.388. The quantitative estimate of drug-likeness (QED) is 0.697. The van der Waals surface area contributed by atoms with E-state index in [1.807, 2.05) is 6.26 Å². The molecule has 0 spiro atoms. The van der Waals surface area contributed by atoms with Gasteiger partial charge < -0.3 is 4.42 Å². The van der Waals surface area contributed by atoms with Crippen LogP contribution in [-0.4, -0.2) is 5.88 Å². The third-order valence-corrected chi connectivity index (χ3v) is 4.47. The van der Waals surface area contributed by atoms with E-state index < -0.39 is 0 Å². The molecule has 0 amide bonds. The molecule has 2 saturated carbocycles. The fourth-order valence-electron chi connectivity index (χ4n) is 3.13. The van der Waals surface area contributed by atoms with Crippen molar-refractivity contribution in [1.82, 2.24) is 0 Å². The molecule has 3 rings (SSSR count). The zero-order chi connectivity index (χ0) is 9.60. The second kappa shape index (κ2) is 3.03. The number of hydrogen-bond donors (Lipinski definition) is 0. The van der Waals surface area contributed by atoms with Crippen molar-refractivity contribution >= 4 is 11.6 Å². The van der Waals surface area contributed by atoms with Gasteiger partial charge in [0.25, 0.3) is 0 Å². The van der Waals surface area contributed by atoms with Crippen molar-refractivity contribution in [2.75, 3.05) is 5.88 Å². The molecule has 0 N–H and O–H groups in total. The highest BCUT2D eigenvalue weighted by atomic mass is 35.5. The molecule has 2 atom stereocenters. The van der Waals surface area contributed by atoms with Crippen LogP contribution in [0, 0.1) is 17.3 Å². The Labute approximate surface area is 89.4 Å². The highest BCUT2D eigenvalue weighted by molar-refractivity contribution is 6.18. The molecule has 0 bridgehead atoms. The van der Waals surface area contributed by atoms with Crippen LogP contribution in [0.25, 0.3) is 0 Å². The maximum atomic E-state index is 6.14. The van der Waals surface area contributed by atoms with Crippen LogP contribution in [0.5, 0.6) is 0 Å². The van der Waals surface area contributed by atoms with Gasteiger partial charge in [0.15, 0.2) is 0 Å². The third-order valence-electron chi connectivity index (χ3n) is 3.90. The van der Waals surface area contributed by atoms with Crippen LogP contribution < -0.4 is 0 Å². The molecule has 2 aliphatic carbocycles. The van der Waals surface area contributed by atoms with E-state index >= 15 is 0 Å². The summed E-state index contributed by atoms with van der Waals surface area (Å²) in [5.74, 6) is 2.81. The molecule has 1 aromatic rings. The van der Waals surface area contributed by atoms with Crippen LogP contribution in [0.2, 0.25) is 0 Å². The second-order valence-corrected chi connectivity index (χ2v) is 5.37. The normalized spacial score (nSPS) is 39.8. The Kier molecular flexibility index (Phi) is 1.91. The van der Waals surface area contributed by atoms with Gasteiger partial charge in [-0.25, -0.2) is 0 Å². The number of alkyl halides is 1. The Morgan fingerprint density at radius 2 is 2.21 bits per heavy atom. The van der Waals surface area contributed by atoms with E-state index in [0.717, 1.165) is 24.1 Å². The van der Waals surface area contributed by atoms with E-state index in [0.29, 0.717) is 5.41 Å². The molecule has 2 fully saturated rings. The number of halogens is 1. The lowest BCUT2D eigenvalue weighted by atomic mass is 9.80. The van der Waals surface area contributed by atoms with Gasteiger partial charge in [-0.3, -0.25) is 0 Å². The summed E-state index contributed by atoms with van der Waals surface area (Å²) >= 11 is 6.14. The van der Waals surface area contributed by atoms with Crippen molar-refractivity contribution in [2.45, 2.75) is 25.7 Å². The van der Waals surface area contributed by atoms with E-state index in [1.165, 1.54) is 24.8 Å². The lowest BCUT2D eigenvalue weighted by molar-refractivity contribution is 0.302. The van der Waals surface area contributed by atoms with Gasteiger partial charge in [0.2, 0.25) is 0 Å². The van der Waals surface area contributed by atoms with E-state index in [4.69, 9.17) is 16.0 Å². The van der Waals surface area contributed by atoms with Gasteiger partial charge in [0, 0.05) is 5.88 Å². The lowest BCUT2D eigenvalue weighted by Crippen LogP contribution is -2.23. The summed E-state index contributed by atoms with van der Waals surface area (Å²) < 4.78 is 5.11. The first kappa shape index (κ1) is 8.84. The van der Waals surface area contributed by atoms with Crippen LogP contribution in [0.15, 0.2) is 23.0 Å². The van der Waals surface area contributed by atoms with Crippen molar-refractivity contribution in [3.05, 3.63) is 24.2 Å². The number of hydrogen-bond acceptors (Lipinski definition) is 1. The van der Waals surface area contributed by atoms with Crippen LogP contribution in [0.4, 0.5) is 0 Å². The van der Waals surface area contributed by atoms with Crippen molar-refractivity contribution in [1.29, 1.82) is 0 Å². The fourth-order valence-corrected chi connectivity index (χ4v) is 3.45. The summed E-state index contributed by atoms with van der Waals surface area (Å²) in [5, 5.41) is 0. The van der Waals surface area contributed by atoms with Crippen molar-refractivity contribution in [2.24, 2.45) is 17.3 Å². The van der Waals surface area contributed by atoms with E-state index in [1.54, 1.807) is 6.26 Å². The van der Waals surface area contributed by atoms with E-state index in [-0.39, 0.29) is 0 Å². The van der Waals surface area contributed by atoms with Crippen molar-refractivity contribution < 1.29 is 4.42 Å². The molecule has 0 saturated heterocycles. The minimum Gasteiger partial charge on any atom is -0.472 e. The molecule has 2 unspecified atom stereocenters. The first-order chi connectivity index (χ1) is 6.81. The molecule has 0 aromatic carbocycles. The Morgan fingerprint density at radius 1 is 1.43 bits per heavy atom. The molecule has 2 aliphatic rings. The summed E-state index contributed by atoms with van der Waals surface area (Å²) in [5.41, 5.74) is 1.70. The highest BCUT2D eigenvalue weighted by Crippen LogP contribution is 2.61. The number of fused-ring (bicyclic) bond motifs is 1. The van der Waals surface area contributed by atoms with Crippen LogP contribution in [0.3, 0.4) is 0 Å². The van der Waals surface area contributed by atoms with Crippen LogP contribution in [0.1, 0.15) is 24.8 Å². The first-order valence-electron chi connectivity index (χ1n) is 5.38. The molecule has 1 aromatic heterocycles. The molecule has 1 heterocycles. The number of furan rings is 1. The maximum Gasteiger partial charge on any atom is 0.0934 e. The molecule has 0 aliphatic heterocycles. The van der Waals surface area contributed by atoms with Gasteiger partial charge in [0.05, 0.1) is 12.5 Å². The average molecular weight is 211 g/mol. The molecular formula is C12H15ClO. The van der Waals surface area contributed by atoms with Gasteiger partial charge in [-0.2, -0.15) is 0 Å². The van der Waals surface area contributed by atoms with E-state index in [2.05, 4.69) is 6.07 Å². The second-order valence-electron chi connectivity index (χ2n) is 5.11. The average Bonchev–Trinajstić information content (AvgIpc) is 2.68. The molecule has 76 valence electrons. The summed E-state index contributed by atoms with van der Waals surface area (Å²) in [6.45, 7) is 0. The summed E-state index contributed by atoms with van der Waals surface area (Å²) in [7, 11) is 0. The SMILES string of the molecule is ClCC1(Cc2ccoc2)CC2CC2C1. The molecule has 0 radical (unpaired) electrons. The number of rotatable bonds is 3. The lowest BCUT2D eigenvalue weighted by Gasteiger charge is -2.27. The summed E-state index contributed by atoms with van der Waals surface area (Å²) in [6.07, 6.45) is 8.87. The Balaban J connectivity index is 1.75. The highest BCUT2D eigenvalue weighted by Gasteiger charge is 2.53. The third kappa shape index (κ3) is 1.38. The predicted octanol–water partition coefficient (Wildman–Crippen LogP) is 3.48. The Bertz CT molecular complexity index is 307. The molecule has 1 nitrogen and oxygen atoms in total. The van der Waals surface area contributed by atoms with Crippen molar-refractivity contribution in [3.8, 4) is 0 Å². The largest absolute Gasteiger partial charge is 0.472 e. The van der Waals surface area contributed by atoms with Gasteiger partial charge in [0.1, 0.15) is 0 Å². The molecule has 14 heavy (non-hydrogen) atoms. The fraction of sp³-hybridized carbons (Fsp3) is 0.667. The smallest absolute Gasteiger partial charge is 0.0934 e. The Morgan fingerprint density at radius 3 is 2.79 bits per heavy atom. The van der Waals surface area contributed by atoms with Gasteiger partial charge >= 0.3 is 0 Å². The van der Waals surface area contributed by atoms with Gasteiger partial charge in [-0.15, -0.1) is 11.6 Å². The summed E-state index contributed by atoms with van der Waals surface area (Å²) in [4.78, 5) is 0. The van der Waals surface area contributed by atoms with Gasteiger partial charge in [-0.05, 0) is 54.6 Å². The van der Waals surface area contributed by atoms with Crippen molar-refractivity contribution in [3.63, 3.8) is 0 Å². The van der Waals surface area contributed by atoms with E-state index in [9.17, 15) is 0 Å². The monoisotopic (exact) mass is 210 g/mol. The Hall–Kier alpha value is -0.430. The molecular weight excluding hydrogens is 196 g/mol. The zero-order valence-corrected chi connectivity index (χ0v) is 8.96. The predicted molar refractivity (Wildman–Crippen MR) is 56.4 cm³/mol. The first-order valence-corrected chi connectivity index (χ1v) is 5.92.